The molecule has 25 heavy (non-hydrogen) atoms. The number of ether oxygens (including phenoxy) is 2. The molecule has 0 spiro atoms. The van der Waals surface area contributed by atoms with Gasteiger partial charge in [0.1, 0.15) is 5.75 Å². The van der Waals surface area contributed by atoms with E-state index in [4.69, 9.17) is 9.47 Å². The largest absolute Gasteiger partial charge is 0.496 e. The van der Waals surface area contributed by atoms with Crippen LogP contribution in [0.1, 0.15) is 19.4 Å². The zero-order chi connectivity index (χ0) is 18.6. The van der Waals surface area contributed by atoms with Crippen LogP contribution in [-0.4, -0.2) is 48.2 Å². The average Bonchev–Trinajstić information content (AvgIpc) is 2.89. The number of carbonyl (C=O) groups is 1. The van der Waals surface area contributed by atoms with E-state index in [1.807, 2.05) is 13.8 Å². The Labute approximate surface area is 149 Å². The minimum absolute atomic E-state index is 0.0952. The molecule has 0 unspecified atom stereocenters. The first kappa shape index (κ1) is 18.8. The van der Waals surface area contributed by atoms with Gasteiger partial charge in [-0.25, -0.2) is 0 Å². The van der Waals surface area contributed by atoms with Gasteiger partial charge in [0.25, 0.3) is 5.91 Å². The summed E-state index contributed by atoms with van der Waals surface area (Å²) in [5.41, 5.74) is 0.236. The monoisotopic (exact) mass is 365 g/mol. The normalized spacial score (nSPS) is 17.4. The van der Waals surface area contributed by atoms with Crippen LogP contribution in [0.3, 0.4) is 0 Å². The molecule has 1 fully saturated rings. The van der Waals surface area contributed by atoms with Crippen LogP contribution in [0.25, 0.3) is 6.08 Å². The molecule has 134 valence electrons. The Morgan fingerprint density at radius 1 is 1.28 bits per heavy atom. The second kappa shape index (κ2) is 8.02. The summed E-state index contributed by atoms with van der Waals surface area (Å²) < 4.78 is 10.3. The second-order valence-electron chi connectivity index (χ2n) is 4.94. The highest BCUT2D eigenvalue weighted by molar-refractivity contribution is 8.18. The molecule has 0 radical (unpaired) electrons. The van der Waals surface area contributed by atoms with Gasteiger partial charge in [-0.05, 0) is 31.7 Å². The summed E-state index contributed by atoms with van der Waals surface area (Å²) in [5, 5.41) is 11.9. The van der Waals surface area contributed by atoms with E-state index in [-0.39, 0.29) is 17.3 Å². The highest BCUT2D eigenvalue weighted by Crippen LogP contribution is 2.38. The third-order valence-corrected chi connectivity index (χ3v) is 4.56. The first-order chi connectivity index (χ1) is 12.0. The molecular weight excluding hydrogens is 346 g/mol. The number of amidine groups is 1. The van der Waals surface area contributed by atoms with Crippen LogP contribution in [0.15, 0.2) is 22.0 Å². The summed E-state index contributed by atoms with van der Waals surface area (Å²) >= 11 is 1.25. The molecule has 0 atom stereocenters. The van der Waals surface area contributed by atoms with Gasteiger partial charge < -0.3 is 9.47 Å². The van der Waals surface area contributed by atoms with Crippen molar-refractivity contribution in [2.75, 3.05) is 27.3 Å². The molecule has 0 aromatic heterocycles. The molecule has 1 heterocycles. The predicted molar refractivity (Wildman–Crippen MR) is 97.1 cm³/mol. The van der Waals surface area contributed by atoms with Gasteiger partial charge in [0, 0.05) is 30.8 Å². The summed E-state index contributed by atoms with van der Waals surface area (Å²) in [5.74, 6) is 0.297. The van der Waals surface area contributed by atoms with Gasteiger partial charge in [-0.15, -0.1) is 0 Å². The lowest BCUT2D eigenvalue weighted by Gasteiger charge is -2.11. The van der Waals surface area contributed by atoms with E-state index in [9.17, 15) is 14.9 Å². The van der Waals surface area contributed by atoms with Crippen LogP contribution >= 0.6 is 11.8 Å². The molecule has 1 amide bonds. The lowest BCUT2D eigenvalue weighted by atomic mass is 10.1. The highest BCUT2D eigenvalue weighted by Gasteiger charge is 2.32. The van der Waals surface area contributed by atoms with Crippen LogP contribution in [0.4, 0.5) is 5.69 Å². The van der Waals surface area contributed by atoms with Gasteiger partial charge in [-0.2, -0.15) is 0 Å². The van der Waals surface area contributed by atoms with Crippen LogP contribution in [0.5, 0.6) is 11.5 Å². The third-order valence-electron chi connectivity index (χ3n) is 3.51. The van der Waals surface area contributed by atoms with E-state index in [2.05, 4.69) is 4.99 Å². The number of nitro benzene ring substituents is 1. The van der Waals surface area contributed by atoms with Crippen LogP contribution < -0.4 is 9.47 Å². The number of thioether (sulfide) groups is 1. The van der Waals surface area contributed by atoms with Gasteiger partial charge in [0.15, 0.2) is 5.17 Å². The Hall–Kier alpha value is -2.55. The first-order valence-electron chi connectivity index (χ1n) is 7.63. The van der Waals surface area contributed by atoms with E-state index >= 15 is 0 Å². The van der Waals surface area contributed by atoms with Crippen molar-refractivity contribution < 1.29 is 19.2 Å². The number of aliphatic imine (C=N–C) groups is 1. The number of hydrogen-bond donors (Lipinski definition) is 0. The Morgan fingerprint density at radius 2 is 1.96 bits per heavy atom. The van der Waals surface area contributed by atoms with Crippen molar-refractivity contribution in [3.8, 4) is 11.5 Å². The number of hydrogen-bond acceptors (Lipinski definition) is 7. The van der Waals surface area contributed by atoms with Crippen LogP contribution in [0, 0.1) is 10.1 Å². The molecule has 1 aliphatic heterocycles. The lowest BCUT2D eigenvalue weighted by molar-refractivity contribution is -0.385. The fourth-order valence-corrected chi connectivity index (χ4v) is 3.44. The maximum absolute atomic E-state index is 12.5. The summed E-state index contributed by atoms with van der Waals surface area (Å²) in [6.45, 7) is 4.83. The van der Waals surface area contributed by atoms with Crippen LogP contribution in [-0.2, 0) is 4.79 Å². The Morgan fingerprint density at radius 3 is 2.48 bits per heavy atom. The number of likely N-dealkylation sites (N-methyl/N-ethyl adjacent to an activating group) is 1. The topological polar surface area (TPSA) is 94.3 Å². The number of amides is 1. The Bertz CT molecular complexity index is 760. The van der Waals surface area contributed by atoms with Crippen molar-refractivity contribution in [2.45, 2.75) is 13.8 Å². The first-order valence-corrected chi connectivity index (χ1v) is 8.44. The number of benzene rings is 1. The predicted octanol–water partition coefficient (Wildman–Crippen LogP) is 2.92. The Kier molecular flexibility index (Phi) is 6.02. The van der Waals surface area contributed by atoms with E-state index in [0.717, 1.165) is 0 Å². The summed E-state index contributed by atoms with van der Waals surface area (Å²) in [6, 6.07) is 2.77. The number of carbonyl (C=O) groups excluding carboxylic acids is 1. The number of nitrogens with zero attached hydrogens (tertiary/aromatic N) is 3. The molecule has 1 aromatic carbocycles. The smallest absolute Gasteiger partial charge is 0.311 e. The molecule has 2 rings (SSSR count). The molecule has 9 heteroatoms. The highest BCUT2D eigenvalue weighted by atomic mass is 32.2. The SMILES string of the molecule is CCN=C1S/C(=C/c2cc([N+](=O)[O-])c(OC)cc2OC)C(=O)N1CC. The van der Waals surface area contributed by atoms with Crippen molar-refractivity contribution in [3.63, 3.8) is 0 Å². The maximum Gasteiger partial charge on any atom is 0.311 e. The van der Waals surface area contributed by atoms with Gasteiger partial charge in [0.05, 0.1) is 24.0 Å². The third kappa shape index (κ3) is 3.76. The number of methoxy groups -OCH3 is 2. The molecule has 1 aliphatic rings. The standard InChI is InChI=1S/C16H19N3O5S/c1-5-17-16-18(6-2)15(20)14(25-16)8-10-7-11(19(21)22)13(24-4)9-12(10)23-3/h7-9H,5-6H2,1-4H3/b14-8+,17-16?. The Balaban J connectivity index is 2.53. The molecule has 0 aliphatic carbocycles. The summed E-state index contributed by atoms with van der Waals surface area (Å²) in [7, 11) is 2.80. The van der Waals surface area contributed by atoms with Crippen LogP contribution in [0.2, 0.25) is 0 Å². The van der Waals surface area contributed by atoms with E-state index < -0.39 is 4.92 Å². The van der Waals surface area contributed by atoms with Gasteiger partial charge in [-0.1, -0.05) is 0 Å². The minimum atomic E-state index is -0.536. The van der Waals surface area contributed by atoms with E-state index in [1.54, 1.807) is 11.0 Å². The second-order valence-corrected chi connectivity index (χ2v) is 5.95. The number of nitro groups is 1. The van der Waals surface area contributed by atoms with Gasteiger partial charge >= 0.3 is 5.69 Å². The van der Waals surface area contributed by atoms with Crippen molar-refractivity contribution in [1.82, 2.24) is 4.90 Å². The van der Waals surface area contributed by atoms with E-state index in [0.29, 0.717) is 34.5 Å². The van der Waals surface area contributed by atoms with Crippen molar-refractivity contribution >= 4 is 34.6 Å². The molecule has 0 bridgehead atoms. The fraction of sp³-hybridized carbons (Fsp3) is 0.375. The molecule has 1 saturated heterocycles. The zero-order valence-corrected chi connectivity index (χ0v) is 15.3. The summed E-state index contributed by atoms with van der Waals surface area (Å²) in [6.07, 6.45) is 1.58. The summed E-state index contributed by atoms with van der Waals surface area (Å²) in [4.78, 5) is 29.6. The fourth-order valence-electron chi connectivity index (χ4n) is 2.34. The van der Waals surface area contributed by atoms with E-state index in [1.165, 1.54) is 38.1 Å². The van der Waals surface area contributed by atoms with Gasteiger partial charge in [0.2, 0.25) is 5.75 Å². The lowest BCUT2D eigenvalue weighted by Crippen LogP contribution is -2.28. The minimum Gasteiger partial charge on any atom is -0.496 e. The molecule has 0 saturated carbocycles. The van der Waals surface area contributed by atoms with Crippen molar-refractivity contribution in [1.29, 1.82) is 0 Å². The molecule has 0 N–H and O–H groups in total. The molecular formula is C16H19N3O5S. The molecule has 8 nitrogen and oxygen atoms in total. The maximum atomic E-state index is 12.5. The van der Waals surface area contributed by atoms with Gasteiger partial charge in [-0.3, -0.25) is 24.8 Å². The zero-order valence-electron chi connectivity index (χ0n) is 14.4. The number of rotatable bonds is 6. The average molecular weight is 365 g/mol. The van der Waals surface area contributed by atoms with Crippen molar-refractivity contribution in [3.05, 3.63) is 32.7 Å². The quantitative estimate of drug-likeness (QED) is 0.437. The molecule has 1 aromatic rings. The van der Waals surface area contributed by atoms with Crippen molar-refractivity contribution in [2.24, 2.45) is 4.99 Å².